The van der Waals surface area contributed by atoms with Gasteiger partial charge in [0.25, 0.3) is 10.1 Å². The summed E-state index contributed by atoms with van der Waals surface area (Å²) in [5.74, 6) is 0. The fraction of sp³-hybridized carbons (Fsp3) is 0.600. The third kappa shape index (κ3) is 7.50. The first-order valence-corrected chi connectivity index (χ1v) is 9.47. The van der Waals surface area contributed by atoms with Gasteiger partial charge in [0, 0.05) is 10.0 Å². The summed E-state index contributed by atoms with van der Waals surface area (Å²) < 4.78 is 29.0. The van der Waals surface area contributed by atoms with E-state index in [0.717, 1.165) is 19.3 Å². The van der Waals surface area contributed by atoms with E-state index in [-0.39, 0.29) is 21.5 Å². The summed E-state index contributed by atoms with van der Waals surface area (Å²) in [4.78, 5) is 0.00273. The molecule has 0 aliphatic heterocycles. The first-order chi connectivity index (χ1) is 9.95. The molecule has 0 radical (unpaired) electrons. The Kier molecular flexibility index (Phi) is 8.64. The van der Waals surface area contributed by atoms with Crippen molar-refractivity contribution in [1.82, 2.24) is 0 Å². The number of unbranched alkanes of at least 4 members (excludes halogenated alkanes) is 6. The zero-order valence-electron chi connectivity index (χ0n) is 12.3. The maximum absolute atomic E-state index is 12.0. The molecule has 0 atom stereocenters. The van der Waals surface area contributed by atoms with E-state index in [4.69, 9.17) is 27.4 Å². The molecule has 21 heavy (non-hydrogen) atoms. The van der Waals surface area contributed by atoms with E-state index in [1.807, 2.05) is 0 Å². The average molecular weight is 353 g/mol. The van der Waals surface area contributed by atoms with Crippen molar-refractivity contribution in [1.29, 1.82) is 0 Å². The maximum Gasteiger partial charge on any atom is 0.297 e. The highest BCUT2D eigenvalue weighted by molar-refractivity contribution is 7.86. The Bertz CT molecular complexity index is 509. The molecule has 6 heteroatoms. The molecule has 1 aromatic rings. The minimum absolute atomic E-state index is 0.00273. The number of hydrogen-bond acceptors (Lipinski definition) is 3. The van der Waals surface area contributed by atoms with Crippen molar-refractivity contribution >= 4 is 33.3 Å². The Hall–Kier alpha value is -0.290. The molecule has 1 aromatic carbocycles. The maximum atomic E-state index is 12.0. The lowest BCUT2D eigenvalue weighted by molar-refractivity contribution is 0.306. The van der Waals surface area contributed by atoms with Crippen LogP contribution in [0.5, 0.6) is 0 Å². The Morgan fingerprint density at radius 3 is 2.00 bits per heavy atom. The topological polar surface area (TPSA) is 43.4 Å². The van der Waals surface area contributed by atoms with E-state index in [2.05, 4.69) is 6.92 Å². The molecule has 0 spiro atoms. The van der Waals surface area contributed by atoms with Gasteiger partial charge in [0.05, 0.1) is 11.5 Å². The lowest BCUT2D eigenvalue weighted by atomic mass is 10.1. The number of rotatable bonds is 10. The fourth-order valence-corrected chi connectivity index (χ4v) is 3.64. The smallest absolute Gasteiger partial charge is 0.266 e. The summed E-state index contributed by atoms with van der Waals surface area (Å²) in [6.07, 6.45) is 7.77. The molecule has 0 unspecified atom stereocenters. The zero-order chi connectivity index (χ0) is 15.7. The second-order valence-corrected chi connectivity index (χ2v) is 7.49. The van der Waals surface area contributed by atoms with Crippen molar-refractivity contribution in [2.75, 3.05) is 6.61 Å². The summed E-state index contributed by atoms with van der Waals surface area (Å²) in [7, 11) is -3.78. The number of hydrogen-bond donors (Lipinski definition) is 0. The van der Waals surface area contributed by atoms with Crippen molar-refractivity contribution in [3.8, 4) is 0 Å². The van der Waals surface area contributed by atoms with Crippen molar-refractivity contribution in [3.05, 3.63) is 28.2 Å². The van der Waals surface area contributed by atoms with E-state index in [0.29, 0.717) is 0 Å². The highest BCUT2D eigenvalue weighted by atomic mass is 35.5. The van der Waals surface area contributed by atoms with E-state index in [1.165, 1.54) is 43.9 Å². The largest absolute Gasteiger partial charge is 0.297 e. The summed E-state index contributed by atoms with van der Waals surface area (Å²) in [5, 5.41) is 0.557. The Morgan fingerprint density at radius 2 is 1.43 bits per heavy atom. The van der Waals surface area contributed by atoms with E-state index in [9.17, 15) is 8.42 Å². The summed E-state index contributed by atoms with van der Waals surface area (Å²) in [5.41, 5.74) is 0. The van der Waals surface area contributed by atoms with Gasteiger partial charge in [-0.1, -0.05) is 68.7 Å². The standard InChI is InChI=1S/C15H22Cl2O3S/c1-2-3-4-5-6-7-8-9-20-21(18,19)15-11-13(16)10-14(17)12-15/h10-12H,2-9H2,1H3. The Morgan fingerprint density at radius 1 is 0.905 bits per heavy atom. The predicted octanol–water partition coefficient (Wildman–Crippen LogP) is 5.45. The van der Waals surface area contributed by atoms with Crippen molar-refractivity contribution < 1.29 is 12.6 Å². The predicted molar refractivity (Wildman–Crippen MR) is 87.6 cm³/mol. The van der Waals surface area contributed by atoms with Crippen LogP contribution in [0.4, 0.5) is 0 Å². The van der Waals surface area contributed by atoms with Crippen molar-refractivity contribution in [3.63, 3.8) is 0 Å². The zero-order valence-corrected chi connectivity index (χ0v) is 14.6. The van der Waals surface area contributed by atoms with Crippen LogP contribution in [0.15, 0.2) is 23.1 Å². The Balaban J connectivity index is 2.33. The minimum Gasteiger partial charge on any atom is -0.266 e. The van der Waals surface area contributed by atoms with Crippen molar-refractivity contribution in [2.24, 2.45) is 0 Å². The lowest BCUT2D eigenvalue weighted by Crippen LogP contribution is -2.07. The number of halogens is 2. The molecular formula is C15H22Cl2O3S. The van der Waals surface area contributed by atoms with Gasteiger partial charge in [-0.15, -0.1) is 0 Å². The summed E-state index contributed by atoms with van der Waals surface area (Å²) >= 11 is 11.6. The van der Waals surface area contributed by atoms with Crippen LogP contribution in [0.2, 0.25) is 10.0 Å². The molecule has 0 saturated carbocycles. The third-order valence-electron chi connectivity index (χ3n) is 3.11. The molecule has 1 rings (SSSR count). The van der Waals surface area contributed by atoms with Gasteiger partial charge in [-0.05, 0) is 24.6 Å². The van der Waals surface area contributed by atoms with Gasteiger partial charge in [-0.3, -0.25) is 4.18 Å². The molecule has 0 heterocycles. The van der Waals surface area contributed by atoms with Crippen LogP contribution in [-0.2, 0) is 14.3 Å². The first kappa shape index (κ1) is 18.8. The molecule has 0 saturated heterocycles. The van der Waals surface area contributed by atoms with Gasteiger partial charge in [-0.25, -0.2) is 0 Å². The van der Waals surface area contributed by atoms with Crippen LogP contribution < -0.4 is 0 Å². The normalized spacial score (nSPS) is 11.8. The molecule has 0 aliphatic carbocycles. The van der Waals surface area contributed by atoms with E-state index < -0.39 is 10.1 Å². The van der Waals surface area contributed by atoms with Crippen LogP contribution in [0.1, 0.15) is 51.9 Å². The first-order valence-electron chi connectivity index (χ1n) is 7.31. The number of benzene rings is 1. The molecule has 0 aromatic heterocycles. The molecule has 0 amide bonds. The van der Waals surface area contributed by atoms with E-state index in [1.54, 1.807) is 0 Å². The van der Waals surface area contributed by atoms with Crippen LogP contribution in [0.3, 0.4) is 0 Å². The Labute approximate surface area is 137 Å². The van der Waals surface area contributed by atoms with Gasteiger partial charge < -0.3 is 0 Å². The summed E-state index contributed by atoms with van der Waals surface area (Å²) in [6, 6.07) is 4.17. The quantitative estimate of drug-likeness (QED) is 0.415. The van der Waals surface area contributed by atoms with Crippen molar-refractivity contribution in [2.45, 2.75) is 56.8 Å². The molecule has 0 bridgehead atoms. The van der Waals surface area contributed by atoms with Crippen LogP contribution in [0.25, 0.3) is 0 Å². The monoisotopic (exact) mass is 352 g/mol. The van der Waals surface area contributed by atoms with Gasteiger partial charge in [0.15, 0.2) is 0 Å². The molecule has 120 valence electrons. The summed E-state index contributed by atoms with van der Waals surface area (Å²) in [6.45, 7) is 2.38. The average Bonchev–Trinajstić information content (AvgIpc) is 2.40. The second-order valence-electron chi connectivity index (χ2n) is 5.00. The molecule has 0 aliphatic rings. The van der Waals surface area contributed by atoms with Gasteiger partial charge in [-0.2, -0.15) is 8.42 Å². The highest BCUT2D eigenvalue weighted by Crippen LogP contribution is 2.23. The van der Waals surface area contributed by atoms with Crippen LogP contribution >= 0.6 is 23.2 Å². The SMILES string of the molecule is CCCCCCCCCOS(=O)(=O)c1cc(Cl)cc(Cl)c1. The minimum atomic E-state index is -3.78. The fourth-order valence-electron chi connectivity index (χ4n) is 1.97. The van der Waals surface area contributed by atoms with Crippen LogP contribution in [0, 0.1) is 0 Å². The van der Waals surface area contributed by atoms with Crippen LogP contribution in [-0.4, -0.2) is 15.0 Å². The molecule has 0 fully saturated rings. The molecule has 3 nitrogen and oxygen atoms in total. The third-order valence-corrected chi connectivity index (χ3v) is 4.84. The molecular weight excluding hydrogens is 331 g/mol. The van der Waals surface area contributed by atoms with E-state index >= 15 is 0 Å². The second kappa shape index (κ2) is 9.67. The lowest BCUT2D eigenvalue weighted by Gasteiger charge is -2.06. The highest BCUT2D eigenvalue weighted by Gasteiger charge is 2.16. The van der Waals surface area contributed by atoms with Gasteiger partial charge in [0.2, 0.25) is 0 Å². The van der Waals surface area contributed by atoms with Gasteiger partial charge >= 0.3 is 0 Å². The molecule has 0 N–H and O–H groups in total. The van der Waals surface area contributed by atoms with Gasteiger partial charge in [0.1, 0.15) is 0 Å².